The number of nitrogens with zero attached hydrogens (tertiary/aromatic N) is 1. The average molecular weight is 304 g/mol. The van der Waals surface area contributed by atoms with Crippen molar-refractivity contribution in [3.8, 4) is 0 Å². The molecule has 0 aliphatic carbocycles. The van der Waals surface area contributed by atoms with Crippen LogP contribution in [0.25, 0.3) is 0 Å². The van der Waals surface area contributed by atoms with Crippen LogP contribution in [0.4, 0.5) is 4.39 Å². The minimum atomic E-state index is -0.878. The summed E-state index contributed by atoms with van der Waals surface area (Å²) < 4.78 is 13.7. The van der Waals surface area contributed by atoms with Gasteiger partial charge in [0.2, 0.25) is 0 Å². The second-order valence-electron chi connectivity index (χ2n) is 4.14. The molecule has 1 rings (SSSR count). The monoisotopic (exact) mass is 303 g/mol. The van der Waals surface area contributed by atoms with Gasteiger partial charge in [-0.05, 0) is 47.5 Å². The molecule has 94 valence electrons. The first-order valence-corrected chi connectivity index (χ1v) is 6.09. The van der Waals surface area contributed by atoms with Crippen molar-refractivity contribution in [3.05, 3.63) is 34.1 Å². The molecule has 1 aromatic carbocycles. The van der Waals surface area contributed by atoms with Gasteiger partial charge in [0.1, 0.15) is 5.82 Å². The number of aliphatic carboxylic acids is 1. The van der Waals surface area contributed by atoms with Crippen molar-refractivity contribution in [3.63, 3.8) is 0 Å². The quantitative estimate of drug-likeness (QED) is 0.909. The van der Waals surface area contributed by atoms with Gasteiger partial charge in [0.05, 0.1) is 11.0 Å². The standard InChI is InChI=1S/C12H15BrFNO2/c1-8(2)15(7-12(16)17)6-9-3-4-10(13)11(14)5-9/h3-5,8H,6-7H2,1-2H3,(H,16,17). The van der Waals surface area contributed by atoms with Crippen LogP contribution >= 0.6 is 15.9 Å². The Hall–Kier alpha value is -0.940. The van der Waals surface area contributed by atoms with Crippen LogP contribution in [-0.4, -0.2) is 28.6 Å². The van der Waals surface area contributed by atoms with Crippen molar-refractivity contribution in [1.82, 2.24) is 4.90 Å². The smallest absolute Gasteiger partial charge is 0.317 e. The molecule has 0 amide bonds. The van der Waals surface area contributed by atoms with Crippen LogP contribution in [0.2, 0.25) is 0 Å². The van der Waals surface area contributed by atoms with Crippen LogP contribution in [0.5, 0.6) is 0 Å². The molecule has 0 aliphatic rings. The number of carboxylic acids is 1. The Kier molecular flexibility index (Phi) is 5.08. The van der Waals surface area contributed by atoms with E-state index in [-0.39, 0.29) is 18.4 Å². The first-order valence-electron chi connectivity index (χ1n) is 5.30. The maximum atomic E-state index is 13.3. The summed E-state index contributed by atoms with van der Waals surface area (Å²) in [6, 6.07) is 4.92. The predicted molar refractivity (Wildman–Crippen MR) is 67.3 cm³/mol. The third kappa shape index (κ3) is 4.44. The normalized spacial score (nSPS) is 11.2. The number of benzene rings is 1. The molecule has 5 heteroatoms. The minimum Gasteiger partial charge on any atom is -0.480 e. The summed E-state index contributed by atoms with van der Waals surface area (Å²) in [5.41, 5.74) is 0.764. The summed E-state index contributed by atoms with van der Waals surface area (Å²) in [6.07, 6.45) is 0. The molecule has 0 bridgehead atoms. The van der Waals surface area contributed by atoms with Crippen molar-refractivity contribution >= 4 is 21.9 Å². The molecule has 0 aromatic heterocycles. The van der Waals surface area contributed by atoms with Gasteiger partial charge in [-0.25, -0.2) is 4.39 Å². The van der Waals surface area contributed by atoms with Gasteiger partial charge in [-0.2, -0.15) is 0 Å². The van der Waals surface area contributed by atoms with E-state index in [0.717, 1.165) is 5.56 Å². The zero-order valence-corrected chi connectivity index (χ0v) is 11.4. The number of hydrogen-bond acceptors (Lipinski definition) is 2. The Morgan fingerprint density at radius 3 is 2.65 bits per heavy atom. The molecule has 0 saturated heterocycles. The topological polar surface area (TPSA) is 40.5 Å². The molecule has 0 aliphatic heterocycles. The van der Waals surface area contributed by atoms with Crippen LogP contribution in [0.15, 0.2) is 22.7 Å². The fourth-order valence-electron chi connectivity index (χ4n) is 1.47. The van der Waals surface area contributed by atoms with Crippen molar-refractivity contribution in [2.45, 2.75) is 26.4 Å². The Bertz CT molecular complexity index is 409. The highest BCUT2D eigenvalue weighted by molar-refractivity contribution is 9.10. The molecule has 17 heavy (non-hydrogen) atoms. The second-order valence-corrected chi connectivity index (χ2v) is 5.00. The molecular weight excluding hydrogens is 289 g/mol. The molecule has 1 aromatic rings. The number of carboxylic acid groups (broad SMARTS) is 1. The van der Waals surface area contributed by atoms with Gasteiger partial charge in [-0.1, -0.05) is 6.07 Å². The third-order valence-corrected chi connectivity index (χ3v) is 3.08. The van der Waals surface area contributed by atoms with Crippen molar-refractivity contribution in [1.29, 1.82) is 0 Å². The molecule has 0 atom stereocenters. The lowest BCUT2D eigenvalue weighted by Gasteiger charge is -2.24. The molecule has 0 heterocycles. The van der Waals surface area contributed by atoms with Crippen LogP contribution in [0.3, 0.4) is 0 Å². The third-order valence-electron chi connectivity index (χ3n) is 2.44. The molecule has 1 N–H and O–H groups in total. The maximum absolute atomic E-state index is 13.3. The molecule has 0 saturated carbocycles. The molecule has 0 fully saturated rings. The van der Waals surface area contributed by atoms with Gasteiger partial charge >= 0.3 is 5.97 Å². The van der Waals surface area contributed by atoms with Crippen LogP contribution in [-0.2, 0) is 11.3 Å². The van der Waals surface area contributed by atoms with Crippen molar-refractivity contribution in [2.75, 3.05) is 6.54 Å². The van der Waals surface area contributed by atoms with Gasteiger partial charge < -0.3 is 5.11 Å². The SMILES string of the molecule is CC(C)N(CC(=O)O)Cc1ccc(Br)c(F)c1. The summed E-state index contributed by atoms with van der Waals surface area (Å²) in [7, 11) is 0. The van der Waals surface area contributed by atoms with Crippen LogP contribution < -0.4 is 0 Å². The summed E-state index contributed by atoms with van der Waals surface area (Å²) in [5, 5.41) is 8.79. The van der Waals surface area contributed by atoms with E-state index in [1.54, 1.807) is 17.0 Å². The lowest BCUT2D eigenvalue weighted by Crippen LogP contribution is -2.35. The highest BCUT2D eigenvalue weighted by Crippen LogP contribution is 2.18. The molecular formula is C12H15BrFNO2. The maximum Gasteiger partial charge on any atom is 0.317 e. The highest BCUT2D eigenvalue weighted by Gasteiger charge is 2.14. The summed E-state index contributed by atoms with van der Waals surface area (Å²) in [6.45, 7) is 4.21. The van der Waals surface area contributed by atoms with Gasteiger partial charge in [0.25, 0.3) is 0 Å². The van der Waals surface area contributed by atoms with E-state index in [0.29, 0.717) is 11.0 Å². The highest BCUT2D eigenvalue weighted by atomic mass is 79.9. The van der Waals surface area contributed by atoms with Crippen LogP contribution in [0, 0.1) is 5.82 Å². The van der Waals surface area contributed by atoms with E-state index in [1.165, 1.54) is 6.07 Å². The fraction of sp³-hybridized carbons (Fsp3) is 0.417. The van der Waals surface area contributed by atoms with Gasteiger partial charge in [-0.3, -0.25) is 9.69 Å². The first kappa shape index (κ1) is 14.1. The largest absolute Gasteiger partial charge is 0.480 e. The Morgan fingerprint density at radius 1 is 1.53 bits per heavy atom. The van der Waals surface area contributed by atoms with E-state index in [4.69, 9.17) is 5.11 Å². The van der Waals surface area contributed by atoms with Crippen molar-refractivity contribution in [2.24, 2.45) is 0 Å². The lowest BCUT2D eigenvalue weighted by atomic mass is 10.2. The molecule has 0 unspecified atom stereocenters. The molecule has 0 spiro atoms. The number of halogens is 2. The average Bonchev–Trinajstić information content (AvgIpc) is 2.21. The number of carbonyl (C=O) groups is 1. The van der Waals surface area contributed by atoms with E-state index >= 15 is 0 Å². The van der Waals surface area contributed by atoms with Crippen molar-refractivity contribution < 1.29 is 14.3 Å². The zero-order valence-electron chi connectivity index (χ0n) is 9.78. The van der Waals surface area contributed by atoms with Crippen LogP contribution in [0.1, 0.15) is 19.4 Å². The van der Waals surface area contributed by atoms with E-state index in [2.05, 4.69) is 15.9 Å². The van der Waals surface area contributed by atoms with Gasteiger partial charge in [0.15, 0.2) is 0 Å². The van der Waals surface area contributed by atoms with E-state index in [1.807, 2.05) is 13.8 Å². The van der Waals surface area contributed by atoms with E-state index in [9.17, 15) is 9.18 Å². The number of rotatable bonds is 5. The van der Waals surface area contributed by atoms with Gasteiger partial charge in [-0.15, -0.1) is 0 Å². The number of hydrogen-bond donors (Lipinski definition) is 1. The fourth-order valence-corrected chi connectivity index (χ4v) is 1.71. The molecule has 3 nitrogen and oxygen atoms in total. The summed E-state index contributed by atoms with van der Waals surface area (Å²) >= 11 is 3.08. The Labute approximate surface area is 108 Å². The predicted octanol–water partition coefficient (Wildman–Crippen LogP) is 2.88. The Morgan fingerprint density at radius 2 is 2.18 bits per heavy atom. The first-order chi connectivity index (χ1) is 7.90. The second kappa shape index (κ2) is 6.12. The lowest BCUT2D eigenvalue weighted by molar-refractivity contribution is -0.138. The van der Waals surface area contributed by atoms with Gasteiger partial charge in [0, 0.05) is 12.6 Å². The summed E-state index contributed by atoms with van der Waals surface area (Å²) in [4.78, 5) is 12.5. The zero-order chi connectivity index (χ0) is 13.0. The Balaban J connectivity index is 2.78. The summed E-state index contributed by atoms with van der Waals surface area (Å²) in [5.74, 6) is -1.21. The minimum absolute atomic E-state index is 0.0463. The molecule has 0 radical (unpaired) electrons. The van der Waals surface area contributed by atoms with E-state index < -0.39 is 5.97 Å².